The van der Waals surface area contributed by atoms with Crippen LogP contribution in [0.5, 0.6) is 11.5 Å². The van der Waals surface area contributed by atoms with Gasteiger partial charge in [-0.3, -0.25) is 0 Å². The molecule has 0 aliphatic heterocycles. The zero-order valence-corrected chi connectivity index (χ0v) is 26.4. The average molecular weight is 583 g/mol. The Morgan fingerprint density at radius 3 is 1.56 bits per heavy atom. The quantitative estimate of drug-likeness (QED) is 0.0768. The number of hydrogen-bond acceptors (Lipinski definition) is 4. The topological polar surface area (TPSA) is 48.7 Å². The van der Waals surface area contributed by atoms with Crippen LogP contribution in [0, 0.1) is 0 Å². The van der Waals surface area contributed by atoms with Crippen molar-refractivity contribution in [3.8, 4) is 33.8 Å². The molecule has 0 fully saturated rings. The van der Waals surface area contributed by atoms with Gasteiger partial charge in [0.1, 0.15) is 17.1 Å². The van der Waals surface area contributed by atoms with E-state index < -0.39 is 0 Å². The Bertz CT molecular complexity index is 1400. The maximum atomic E-state index is 12.9. The molecule has 4 nitrogen and oxygen atoms in total. The summed E-state index contributed by atoms with van der Waals surface area (Å²) in [6.07, 6.45) is 17.7. The van der Waals surface area contributed by atoms with E-state index in [0.29, 0.717) is 17.8 Å². The summed E-state index contributed by atoms with van der Waals surface area (Å²) in [5, 5.41) is 0.884. The lowest BCUT2D eigenvalue weighted by molar-refractivity contribution is 0.304. The van der Waals surface area contributed by atoms with Gasteiger partial charge in [-0.2, -0.15) is 0 Å². The highest BCUT2D eigenvalue weighted by Gasteiger charge is 2.10. The average Bonchev–Trinajstić information content (AvgIpc) is 3.03. The molecule has 4 rings (SSSR count). The summed E-state index contributed by atoms with van der Waals surface area (Å²) in [4.78, 5) is 12.9. The number of ether oxygens (including phenoxy) is 2. The van der Waals surface area contributed by atoms with Gasteiger partial charge < -0.3 is 13.9 Å². The fraction of sp³-hybridized carbons (Fsp3) is 0.462. The van der Waals surface area contributed by atoms with Crippen molar-refractivity contribution in [2.45, 2.75) is 104 Å². The second-order valence-electron chi connectivity index (χ2n) is 11.7. The van der Waals surface area contributed by atoms with Gasteiger partial charge >= 0.3 is 5.63 Å². The Labute approximate surface area is 258 Å². The molecule has 1 heterocycles. The van der Waals surface area contributed by atoms with Crippen LogP contribution in [0.25, 0.3) is 33.2 Å². The van der Waals surface area contributed by atoms with Crippen LogP contribution in [-0.2, 0) is 0 Å². The summed E-state index contributed by atoms with van der Waals surface area (Å²) < 4.78 is 17.6. The first-order valence-corrected chi connectivity index (χ1v) is 16.7. The molecule has 3 aromatic carbocycles. The molecule has 230 valence electrons. The largest absolute Gasteiger partial charge is 0.494 e. The highest BCUT2D eigenvalue weighted by atomic mass is 16.5. The molecule has 4 aromatic rings. The fourth-order valence-electron chi connectivity index (χ4n) is 5.47. The Kier molecular flexibility index (Phi) is 13.7. The van der Waals surface area contributed by atoms with Crippen molar-refractivity contribution < 1.29 is 13.9 Å². The van der Waals surface area contributed by atoms with Crippen LogP contribution in [0.1, 0.15) is 104 Å². The van der Waals surface area contributed by atoms with Crippen LogP contribution in [0.15, 0.2) is 82.0 Å². The second-order valence-corrected chi connectivity index (χ2v) is 11.7. The summed E-state index contributed by atoms with van der Waals surface area (Å²) in [5.74, 6) is 1.65. The first-order chi connectivity index (χ1) is 21.2. The first-order valence-electron chi connectivity index (χ1n) is 16.7. The lowest BCUT2D eigenvalue weighted by Crippen LogP contribution is -2.03. The normalized spacial score (nSPS) is 11.2. The minimum atomic E-state index is -0.340. The van der Waals surface area contributed by atoms with Crippen LogP contribution in [0.4, 0.5) is 0 Å². The molecule has 0 amide bonds. The van der Waals surface area contributed by atoms with Crippen LogP contribution >= 0.6 is 0 Å². The molecular weight excluding hydrogens is 532 g/mol. The van der Waals surface area contributed by atoms with E-state index in [0.717, 1.165) is 53.0 Å². The molecular formula is C39H50O4. The number of hydrogen-bond donors (Lipinski definition) is 0. The summed E-state index contributed by atoms with van der Waals surface area (Å²) >= 11 is 0. The lowest BCUT2D eigenvalue weighted by Gasteiger charge is -2.09. The molecule has 0 N–H and O–H groups in total. The van der Waals surface area contributed by atoms with E-state index in [2.05, 4.69) is 26.0 Å². The van der Waals surface area contributed by atoms with Gasteiger partial charge in [0.2, 0.25) is 0 Å². The Morgan fingerprint density at radius 2 is 0.977 bits per heavy atom. The van der Waals surface area contributed by atoms with E-state index in [1.165, 1.54) is 77.0 Å². The molecule has 0 saturated heterocycles. The maximum absolute atomic E-state index is 12.9. The van der Waals surface area contributed by atoms with Crippen molar-refractivity contribution in [3.63, 3.8) is 0 Å². The van der Waals surface area contributed by atoms with Crippen molar-refractivity contribution in [3.05, 3.63) is 83.2 Å². The van der Waals surface area contributed by atoms with Crippen molar-refractivity contribution in [1.82, 2.24) is 0 Å². The van der Waals surface area contributed by atoms with Gasteiger partial charge in [0.25, 0.3) is 0 Å². The molecule has 43 heavy (non-hydrogen) atoms. The van der Waals surface area contributed by atoms with Gasteiger partial charge in [-0.25, -0.2) is 4.79 Å². The maximum Gasteiger partial charge on any atom is 0.344 e. The third-order valence-corrected chi connectivity index (χ3v) is 8.12. The monoisotopic (exact) mass is 582 g/mol. The van der Waals surface area contributed by atoms with Gasteiger partial charge in [0, 0.05) is 11.5 Å². The standard InChI is InChI=1S/C39H50O4/c1-3-5-7-9-11-12-14-16-28-42-36-26-23-34-29-37(39(40)43-38(34)30-36)33-19-17-31(18-20-33)32-21-24-35(25-22-32)41-27-15-13-10-8-6-4-2/h17-26,29-30H,3-16,27-28H2,1-2H3. The SMILES string of the molecule is CCCCCCCCCCOc1ccc2cc(-c3ccc(-c4ccc(OCCCCCCCC)cc4)cc3)c(=O)oc2c1. The Morgan fingerprint density at radius 1 is 0.512 bits per heavy atom. The molecule has 0 aliphatic carbocycles. The van der Waals surface area contributed by atoms with Crippen LogP contribution in [0.2, 0.25) is 0 Å². The minimum absolute atomic E-state index is 0.340. The molecule has 1 aromatic heterocycles. The third-order valence-electron chi connectivity index (χ3n) is 8.12. The molecule has 0 atom stereocenters. The number of rotatable bonds is 20. The third kappa shape index (κ3) is 10.6. The zero-order valence-electron chi connectivity index (χ0n) is 26.4. The highest BCUT2D eigenvalue weighted by Crippen LogP contribution is 2.28. The smallest absolute Gasteiger partial charge is 0.344 e. The van der Waals surface area contributed by atoms with Crippen LogP contribution < -0.4 is 15.1 Å². The zero-order chi connectivity index (χ0) is 30.1. The predicted octanol–water partition coefficient (Wildman–Crippen LogP) is 11.4. The van der Waals surface area contributed by atoms with Gasteiger partial charge in [-0.1, -0.05) is 127 Å². The highest BCUT2D eigenvalue weighted by molar-refractivity contribution is 5.83. The summed E-state index contributed by atoms with van der Waals surface area (Å²) in [5.41, 5.74) is 3.82. The molecule has 0 radical (unpaired) electrons. The van der Waals surface area contributed by atoms with E-state index in [1.54, 1.807) is 0 Å². The predicted molar refractivity (Wildman–Crippen MR) is 180 cm³/mol. The van der Waals surface area contributed by atoms with Gasteiger partial charge in [0.05, 0.1) is 18.8 Å². The molecule has 0 saturated carbocycles. The van der Waals surface area contributed by atoms with Crippen molar-refractivity contribution in [2.24, 2.45) is 0 Å². The van der Waals surface area contributed by atoms with E-state index in [4.69, 9.17) is 13.9 Å². The number of unbranched alkanes of at least 4 members (excludes halogenated alkanes) is 12. The summed E-state index contributed by atoms with van der Waals surface area (Å²) in [6.45, 7) is 5.95. The van der Waals surface area contributed by atoms with Crippen LogP contribution in [-0.4, -0.2) is 13.2 Å². The molecule has 0 aliphatic rings. The molecule has 0 bridgehead atoms. The Balaban J connectivity index is 1.27. The summed E-state index contributed by atoms with van der Waals surface area (Å²) in [6, 6.07) is 24.0. The molecule has 4 heteroatoms. The van der Waals surface area contributed by atoms with E-state index in [-0.39, 0.29) is 5.63 Å². The van der Waals surface area contributed by atoms with Gasteiger partial charge in [-0.05, 0) is 59.9 Å². The molecule has 0 unspecified atom stereocenters. The number of fused-ring (bicyclic) bond motifs is 1. The van der Waals surface area contributed by atoms with Gasteiger partial charge in [-0.15, -0.1) is 0 Å². The summed E-state index contributed by atoms with van der Waals surface area (Å²) in [7, 11) is 0. The van der Waals surface area contributed by atoms with E-state index in [9.17, 15) is 4.79 Å². The van der Waals surface area contributed by atoms with E-state index >= 15 is 0 Å². The van der Waals surface area contributed by atoms with Crippen molar-refractivity contribution >= 4 is 11.0 Å². The van der Waals surface area contributed by atoms with Crippen molar-refractivity contribution in [2.75, 3.05) is 13.2 Å². The van der Waals surface area contributed by atoms with Crippen LogP contribution in [0.3, 0.4) is 0 Å². The van der Waals surface area contributed by atoms with Crippen molar-refractivity contribution in [1.29, 1.82) is 0 Å². The lowest BCUT2D eigenvalue weighted by atomic mass is 10.0. The van der Waals surface area contributed by atoms with Gasteiger partial charge in [0.15, 0.2) is 0 Å². The molecule has 0 spiro atoms. The first kappa shape index (κ1) is 32.4. The minimum Gasteiger partial charge on any atom is -0.494 e. The van der Waals surface area contributed by atoms with E-state index in [1.807, 2.05) is 60.7 Å². The fourth-order valence-corrected chi connectivity index (χ4v) is 5.47. The number of benzene rings is 3. The second kappa shape index (κ2) is 18.2. The Hall–Kier alpha value is -3.53.